The van der Waals surface area contributed by atoms with E-state index >= 15 is 0 Å². The van der Waals surface area contributed by atoms with E-state index in [-0.39, 0.29) is 5.91 Å². The zero-order chi connectivity index (χ0) is 16.5. The monoisotopic (exact) mass is 386 g/mol. The van der Waals surface area contributed by atoms with Gasteiger partial charge in [-0.15, -0.1) is 0 Å². The normalized spacial score (nSPS) is 17.0. The summed E-state index contributed by atoms with van der Waals surface area (Å²) in [4.78, 5) is 17.0. The fourth-order valence-electron chi connectivity index (χ4n) is 3.37. The Kier molecular flexibility index (Phi) is 4.29. The smallest absolute Gasteiger partial charge is 0.258 e. The summed E-state index contributed by atoms with van der Waals surface area (Å²) in [7, 11) is 0. The van der Waals surface area contributed by atoms with Crippen LogP contribution in [-0.4, -0.2) is 38.8 Å². The molecule has 2 heterocycles. The highest BCUT2D eigenvalue weighted by molar-refractivity contribution is 9.10. The van der Waals surface area contributed by atoms with Crippen LogP contribution in [-0.2, 0) is 11.2 Å². The molecule has 5 heteroatoms. The van der Waals surface area contributed by atoms with Crippen LogP contribution in [0.4, 0.5) is 11.4 Å². The largest absolute Gasteiger partial charge is 0.378 e. The van der Waals surface area contributed by atoms with Gasteiger partial charge in [0.25, 0.3) is 5.91 Å². The van der Waals surface area contributed by atoms with Crippen molar-refractivity contribution in [3.63, 3.8) is 0 Å². The number of amides is 1. The molecular weight excluding hydrogens is 368 g/mol. The molecule has 2 aromatic rings. The van der Waals surface area contributed by atoms with E-state index in [1.165, 1.54) is 11.3 Å². The van der Waals surface area contributed by atoms with E-state index in [1.807, 2.05) is 29.2 Å². The number of fused-ring (bicyclic) bond motifs is 1. The molecule has 24 heavy (non-hydrogen) atoms. The summed E-state index contributed by atoms with van der Waals surface area (Å²) in [5.41, 5.74) is 4.25. The summed E-state index contributed by atoms with van der Waals surface area (Å²) in [6.07, 6.45) is 0.912. The third-order valence-electron chi connectivity index (χ3n) is 4.67. The molecule has 4 rings (SSSR count). The molecule has 1 saturated heterocycles. The number of benzene rings is 2. The van der Waals surface area contributed by atoms with Crippen molar-refractivity contribution in [1.82, 2.24) is 0 Å². The maximum absolute atomic E-state index is 12.8. The van der Waals surface area contributed by atoms with Gasteiger partial charge >= 0.3 is 0 Å². The molecule has 4 nitrogen and oxygen atoms in total. The highest BCUT2D eigenvalue weighted by atomic mass is 79.9. The molecule has 2 aromatic carbocycles. The van der Waals surface area contributed by atoms with Crippen molar-refractivity contribution < 1.29 is 9.53 Å². The Bertz CT molecular complexity index is 754. The molecule has 0 aliphatic carbocycles. The Labute approximate surface area is 150 Å². The number of anilines is 2. The molecule has 0 N–H and O–H groups in total. The minimum Gasteiger partial charge on any atom is -0.378 e. The number of rotatable bonds is 2. The maximum Gasteiger partial charge on any atom is 0.258 e. The van der Waals surface area contributed by atoms with Crippen LogP contribution in [0.1, 0.15) is 15.9 Å². The second-order valence-corrected chi connectivity index (χ2v) is 7.04. The molecule has 0 saturated carbocycles. The molecule has 0 unspecified atom stereocenters. The maximum atomic E-state index is 12.8. The summed E-state index contributed by atoms with van der Waals surface area (Å²) in [5.74, 6) is 0.0698. The Morgan fingerprint density at radius 1 is 1.00 bits per heavy atom. The molecule has 124 valence electrons. The molecule has 0 radical (unpaired) electrons. The SMILES string of the molecule is O=C(c1ccc(Br)cc1)N1CCc2cc(N3CCOCC3)ccc21. The fourth-order valence-corrected chi connectivity index (χ4v) is 3.63. The van der Waals surface area contributed by atoms with Crippen LogP contribution in [0.2, 0.25) is 0 Å². The van der Waals surface area contributed by atoms with Gasteiger partial charge in [0.15, 0.2) is 0 Å². The standard InChI is InChI=1S/C19H19BrN2O2/c20-16-3-1-14(2-4-16)19(23)22-8-7-15-13-17(5-6-18(15)22)21-9-11-24-12-10-21/h1-6,13H,7-12H2. The van der Waals surface area contributed by atoms with Crippen molar-refractivity contribution >= 4 is 33.2 Å². The zero-order valence-corrected chi connectivity index (χ0v) is 15.0. The number of nitrogens with zero attached hydrogens (tertiary/aromatic N) is 2. The number of halogens is 1. The van der Waals surface area contributed by atoms with Gasteiger partial charge in [-0.25, -0.2) is 0 Å². The van der Waals surface area contributed by atoms with Crippen LogP contribution in [0.3, 0.4) is 0 Å². The van der Waals surface area contributed by atoms with Gasteiger partial charge in [0.2, 0.25) is 0 Å². The Hall–Kier alpha value is -1.85. The first-order valence-corrected chi connectivity index (χ1v) is 9.05. The molecule has 0 spiro atoms. The molecule has 1 amide bonds. The van der Waals surface area contributed by atoms with Crippen molar-refractivity contribution in [3.8, 4) is 0 Å². The Morgan fingerprint density at radius 3 is 2.50 bits per heavy atom. The van der Waals surface area contributed by atoms with E-state index in [9.17, 15) is 4.79 Å². The third kappa shape index (κ3) is 2.94. The molecule has 1 fully saturated rings. The van der Waals surface area contributed by atoms with E-state index < -0.39 is 0 Å². The molecule has 0 bridgehead atoms. The Balaban J connectivity index is 1.57. The van der Waals surface area contributed by atoms with E-state index in [1.54, 1.807) is 0 Å². The van der Waals surface area contributed by atoms with Crippen LogP contribution in [0.5, 0.6) is 0 Å². The number of carbonyl (C=O) groups excluding carboxylic acids is 1. The summed E-state index contributed by atoms with van der Waals surface area (Å²) in [5, 5.41) is 0. The summed E-state index contributed by atoms with van der Waals surface area (Å²) < 4.78 is 6.40. The second kappa shape index (κ2) is 6.57. The first kappa shape index (κ1) is 15.7. The van der Waals surface area contributed by atoms with Crippen molar-refractivity contribution in [2.45, 2.75) is 6.42 Å². The van der Waals surface area contributed by atoms with Gasteiger partial charge in [-0.3, -0.25) is 4.79 Å². The van der Waals surface area contributed by atoms with Crippen LogP contribution in [0, 0.1) is 0 Å². The fraction of sp³-hybridized carbons (Fsp3) is 0.316. The highest BCUT2D eigenvalue weighted by Gasteiger charge is 2.26. The lowest BCUT2D eigenvalue weighted by Crippen LogP contribution is -2.36. The topological polar surface area (TPSA) is 32.8 Å². The van der Waals surface area contributed by atoms with Crippen molar-refractivity contribution in [3.05, 3.63) is 58.1 Å². The first-order valence-electron chi connectivity index (χ1n) is 8.25. The Morgan fingerprint density at radius 2 is 1.75 bits per heavy atom. The lowest BCUT2D eigenvalue weighted by atomic mass is 10.1. The van der Waals surface area contributed by atoms with Crippen molar-refractivity contribution in [2.75, 3.05) is 42.6 Å². The van der Waals surface area contributed by atoms with Gasteiger partial charge in [-0.2, -0.15) is 0 Å². The summed E-state index contributed by atoms with van der Waals surface area (Å²) in [6.45, 7) is 4.17. The number of morpholine rings is 1. The zero-order valence-electron chi connectivity index (χ0n) is 13.4. The lowest BCUT2D eigenvalue weighted by Gasteiger charge is -2.29. The van der Waals surface area contributed by atoms with E-state index in [0.717, 1.165) is 55.0 Å². The van der Waals surface area contributed by atoms with Crippen LogP contribution in [0.15, 0.2) is 46.9 Å². The van der Waals surface area contributed by atoms with Crippen LogP contribution >= 0.6 is 15.9 Å². The van der Waals surface area contributed by atoms with Gasteiger partial charge in [0, 0.05) is 41.0 Å². The third-order valence-corrected chi connectivity index (χ3v) is 5.20. The van der Waals surface area contributed by atoms with E-state index in [2.05, 4.69) is 39.0 Å². The number of hydrogen-bond acceptors (Lipinski definition) is 3. The highest BCUT2D eigenvalue weighted by Crippen LogP contribution is 2.33. The summed E-state index contributed by atoms with van der Waals surface area (Å²) >= 11 is 3.41. The minimum atomic E-state index is 0.0698. The molecule has 2 aliphatic rings. The molecule has 2 aliphatic heterocycles. The number of carbonyl (C=O) groups is 1. The number of hydrogen-bond donors (Lipinski definition) is 0. The van der Waals surface area contributed by atoms with Crippen molar-refractivity contribution in [2.24, 2.45) is 0 Å². The average Bonchev–Trinajstić information content (AvgIpc) is 3.05. The lowest BCUT2D eigenvalue weighted by molar-refractivity contribution is 0.0989. The van der Waals surface area contributed by atoms with E-state index in [0.29, 0.717) is 0 Å². The second-order valence-electron chi connectivity index (χ2n) is 6.13. The molecular formula is C19H19BrN2O2. The van der Waals surface area contributed by atoms with Crippen LogP contribution in [0.25, 0.3) is 0 Å². The first-order chi connectivity index (χ1) is 11.7. The van der Waals surface area contributed by atoms with Gasteiger partial charge in [0.1, 0.15) is 0 Å². The number of ether oxygens (including phenoxy) is 1. The predicted molar refractivity (Wildman–Crippen MR) is 99.0 cm³/mol. The van der Waals surface area contributed by atoms with Crippen LogP contribution < -0.4 is 9.80 Å². The minimum absolute atomic E-state index is 0.0698. The van der Waals surface area contributed by atoms with Gasteiger partial charge in [-0.05, 0) is 54.4 Å². The predicted octanol–water partition coefficient (Wildman–Crippen LogP) is 3.49. The van der Waals surface area contributed by atoms with Crippen molar-refractivity contribution in [1.29, 1.82) is 0 Å². The van der Waals surface area contributed by atoms with Gasteiger partial charge < -0.3 is 14.5 Å². The quantitative estimate of drug-likeness (QED) is 0.791. The van der Waals surface area contributed by atoms with E-state index in [4.69, 9.17) is 4.74 Å². The average molecular weight is 387 g/mol. The molecule has 0 atom stereocenters. The van der Waals surface area contributed by atoms with Gasteiger partial charge in [-0.1, -0.05) is 15.9 Å². The van der Waals surface area contributed by atoms with Gasteiger partial charge in [0.05, 0.1) is 13.2 Å². The summed E-state index contributed by atoms with van der Waals surface area (Å²) in [6, 6.07) is 14.0. The molecule has 0 aromatic heterocycles.